The highest BCUT2D eigenvalue weighted by Crippen LogP contribution is 2.18. The van der Waals surface area contributed by atoms with Crippen LogP contribution in [0.3, 0.4) is 0 Å². The molecule has 2 aromatic rings. The van der Waals surface area contributed by atoms with Crippen LogP contribution in [0.1, 0.15) is 16.7 Å². The highest BCUT2D eigenvalue weighted by atomic mass is 79.9. The third-order valence-electron chi connectivity index (χ3n) is 3.14. The standard InChI is InChI=1S/C17H13BrN2O/c1-11-4-2-6-13(8-11)16-19-15(17(21)20-16)10-12-5-3-7-14(18)9-12/h2-10H,1H3,(H,19,20,21)/b15-10+. The molecule has 1 heterocycles. The molecule has 0 aliphatic carbocycles. The lowest BCUT2D eigenvalue weighted by molar-refractivity contribution is -0.115. The van der Waals surface area contributed by atoms with Crippen LogP contribution >= 0.6 is 15.9 Å². The molecule has 0 atom stereocenters. The number of aryl methyl sites for hydroxylation is 1. The number of rotatable bonds is 2. The summed E-state index contributed by atoms with van der Waals surface area (Å²) >= 11 is 3.42. The molecular formula is C17H13BrN2O. The fourth-order valence-corrected chi connectivity index (χ4v) is 2.57. The Hall–Kier alpha value is -2.20. The van der Waals surface area contributed by atoms with Gasteiger partial charge in [0.15, 0.2) is 0 Å². The molecule has 0 saturated heterocycles. The van der Waals surface area contributed by atoms with Crippen LogP contribution in [0, 0.1) is 6.92 Å². The number of benzene rings is 2. The Balaban J connectivity index is 1.95. The first-order valence-corrected chi connectivity index (χ1v) is 7.35. The average molecular weight is 341 g/mol. The zero-order valence-electron chi connectivity index (χ0n) is 11.4. The molecule has 1 aliphatic rings. The summed E-state index contributed by atoms with van der Waals surface area (Å²) in [7, 11) is 0. The summed E-state index contributed by atoms with van der Waals surface area (Å²) in [6.07, 6.45) is 1.78. The van der Waals surface area contributed by atoms with Gasteiger partial charge in [-0.05, 0) is 36.8 Å². The van der Waals surface area contributed by atoms with Crippen molar-refractivity contribution in [2.24, 2.45) is 4.99 Å². The van der Waals surface area contributed by atoms with E-state index in [1.165, 1.54) is 0 Å². The molecule has 3 nitrogen and oxygen atoms in total. The zero-order valence-corrected chi connectivity index (χ0v) is 13.0. The van der Waals surface area contributed by atoms with E-state index in [4.69, 9.17) is 0 Å². The molecule has 1 aliphatic heterocycles. The summed E-state index contributed by atoms with van der Waals surface area (Å²) in [4.78, 5) is 16.4. The largest absolute Gasteiger partial charge is 0.305 e. The van der Waals surface area contributed by atoms with Gasteiger partial charge in [0.1, 0.15) is 11.5 Å². The Morgan fingerprint density at radius 2 is 1.95 bits per heavy atom. The molecule has 0 bridgehead atoms. The Bertz CT molecular complexity index is 778. The molecule has 0 fully saturated rings. The van der Waals surface area contributed by atoms with Crippen molar-refractivity contribution in [3.05, 3.63) is 75.4 Å². The van der Waals surface area contributed by atoms with Gasteiger partial charge >= 0.3 is 0 Å². The van der Waals surface area contributed by atoms with Crippen molar-refractivity contribution < 1.29 is 4.79 Å². The molecule has 0 saturated carbocycles. The van der Waals surface area contributed by atoms with Gasteiger partial charge in [-0.3, -0.25) is 4.79 Å². The Labute approximate surface area is 131 Å². The first-order chi connectivity index (χ1) is 10.1. The third kappa shape index (κ3) is 3.11. The number of carbonyl (C=O) groups is 1. The van der Waals surface area contributed by atoms with E-state index in [0.29, 0.717) is 11.5 Å². The fraction of sp³-hybridized carbons (Fsp3) is 0.0588. The van der Waals surface area contributed by atoms with Crippen molar-refractivity contribution in [2.45, 2.75) is 6.92 Å². The van der Waals surface area contributed by atoms with Crippen molar-refractivity contribution in [2.75, 3.05) is 0 Å². The summed E-state index contributed by atoms with van der Waals surface area (Å²) in [5.41, 5.74) is 3.41. The van der Waals surface area contributed by atoms with Crippen molar-refractivity contribution in [1.82, 2.24) is 5.32 Å². The lowest BCUT2D eigenvalue weighted by Gasteiger charge is -2.00. The predicted molar refractivity (Wildman–Crippen MR) is 88.0 cm³/mol. The topological polar surface area (TPSA) is 41.5 Å². The van der Waals surface area contributed by atoms with Gasteiger partial charge in [-0.2, -0.15) is 0 Å². The monoisotopic (exact) mass is 340 g/mol. The van der Waals surface area contributed by atoms with E-state index >= 15 is 0 Å². The second-order valence-corrected chi connectivity index (χ2v) is 5.78. The number of amidine groups is 1. The molecule has 1 amide bonds. The number of aliphatic imine (C=N–C) groups is 1. The minimum absolute atomic E-state index is 0.175. The number of nitrogens with one attached hydrogen (secondary N) is 1. The maximum absolute atomic E-state index is 12.0. The normalized spacial score (nSPS) is 16.0. The first kappa shape index (κ1) is 13.8. The summed E-state index contributed by atoms with van der Waals surface area (Å²) in [5.74, 6) is 0.427. The van der Waals surface area contributed by atoms with Gasteiger partial charge in [-0.15, -0.1) is 0 Å². The molecule has 1 N–H and O–H groups in total. The molecule has 3 rings (SSSR count). The van der Waals surface area contributed by atoms with Gasteiger partial charge in [0, 0.05) is 10.0 Å². The second-order valence-electron chi connectivity index (χ2n) is 4.87. The van der Waals surface area contributed by atoms with E-state index in [-0.39, 0.29) is 5.91 Å². The van der Waals surface area contributed by atoms with Crippen LogP contribution in [0.25, 0.3) is 6.08 Å². The van der Waals surface area contributed by atoms with E-state index in [1.54, 1.807) is 6.08 Å². The number of halogens is 1. The highest BCUT2D eigenvalue weighted by molar-refractivity contribution is 9.10. The van der Waals surface area contributed by atoms with Crippen molar-refractivity contribution in [3.8, 4) is 0 Å². The van der Waals surface area contributed by atoms with E-state index < -0.39 is 0 Å². The zero-order chi connectivity index (χ0) is 14.8. The van der Waals surface area contributed by atoms with Crippen LogP contribution in [-0.2, 0) is 4.79 Å². The molecule has 0 aromatic heterocycles. The van der Waals surface area contributed by atoms with Gasteiger partial charge in [0.25, 0.3) is 5.91 Å². The summed E-state index contributed by atoms with van der Waals surface area (Å²) in [6.45, 7) is 2.01. The second kappa shape index (κ2) is 5.66. The van der Waals surface area contributed by atoms with Crippen LogP contribution in [-0.4, -0.2) is 11.7 Å². The number of hydrogen-bond donors (Lipinski definition) is 1. The quantitative estimate of drug-likeness (QED) is 0.832. The summed E-state index contributed by atoms with van der Waals surface area (Å²) in [5, 5.41) is 2.81. The van der Waals surface area contributed by atoms with Gasteiger partial charge in [0.2, 0.25) is 0 Å². The Morgan fingerprint density at radius 3 is 2.71 bits per heavy atom. The third-order valence-corrected chi connectivity index (χ3v) is 3.63. The average Bonchev–Trinajstić information content (AvgIpc) is 2.80. The maximum Gasteiger partial charge on any atom is 0.275 e. The summed E-state index contributed by atoms with van der Waals surface area (Å²) < 4.78 is 0.971. The molecule has 0 radical (unpaired) electrons. The SMILES string of the molecule is Cc1cccc(C2=N/C(=C/c3cccc(Br)c3)C(=O)N2)c1. The highest BCUT2D eigenvalue weighted by Gasteiger charge is 2.20. The van der Waals surface area contributed by atoms with Crippen LogP contribution < -0.4 is 5.32 Å². The van der Waals surface area contributed by atoms with Gasteiger partial charge in [0.05, 0.1) is 0 Å². The lowest BCUT2D eigenvalue weighted by atomic mass is 10.1. The van der Waals surface area contributed by atoms with Crippen molar-refractivity contribution >= 4 is 33.7 Å². The number of nitrogens with zero attached hydrogens (tertiary/aromatic N) is 1. The van der Waals surface area contributed by atoms with Gasteiger partial charge < -0.3 is 5.32 Å². The minimum atomic E-state index is -0.175. The number of hydrogen-bond acceptors (Lipinski definition) is 2. The lowest BCUT2D eigenvalue weighted by Crippen LogP contribution is -2.24. The van der Waals surface area contributed by atoms with E-state index in [1.807, 2.05) is 55.5 Å². The van der Waals surface area contributed by atoms with Gasteiger partial charge in [-0.25, -0.2) is 4.99 Å². The fourth-order valence-electron chi connectivity index (χ4n) is 2.15. The maximum atomic E-state index is 12.0. The van der Waals surface area contributed by atoms with E-state index in [0.717, 1.165) is 21.2 Å². The molecule has 104 valence electrons. The molecule has 0 spiro atoms. The molecule has 0 unspecified atom stereocenters. The van der Waals surface area contributed by atoms with E-state index in [2.05, 4.69) is 26.2 Å². The molecular weight excluding hydrogens is 328 g/mol. The molecule has 2 aromatic carbocycles. The van der Waals surface area contributed by atoms with Crippen LogP contribution in [0.4, 0.5) is 0 Å². The van der Waals surface area contributed by atoms with Gasteiger partial charge in [-0.1, -0.05) is 51.8 Å². The Morgan fingerprint density at radius 1 is 1.14 bits per heavy atom. The number of amides is 1. The van der Waals surface area contributed by atoms with E-state index in [9.17, 15) is 4.79 Å². The van der Waals surface area contributed by atoms with Crippen molar-refractivity contribution in [1.29, 1.82) is 0 Å². The predicted octanol–water partition coefficient (Wildman–Crippen LogP) is 3.68. The summed E-state index contributed by atoms with van der Waals surface area (Å²) in [6, 6.07) is 15.7. The molecule has 21 heavy (non-hydrogen) atoms. The first-order valence-electron chi connectivity index (χ1n) is 6.56. The van der Waals surface area contributed by atoms with Crippen molar-refractivity contribution in [3.63, 3.8) is 0 Å². The van der Waals surface area contributed by atoms with Crippen LogP contribution in [0.15, 0.2) is 63.7 Å². The van der Waals surface area contributed by atoms with Crippen LogP contribution in [0.2, 0.25) is 0 Å². The minimum Gasteiger partial charge on any atom is -0.305 e. The Kier molecular flexibility index (Phi) is 3.71. The smallest absolute Gasteiger partial charge is 0.275 e. The number of carbonyl (C=O) groups excluding carboxylic acids is 1. The van der Waals surface area contributed by atoms with Crippen LogP contribution in [0.5, 0.6) is 0 Å². The molecule has 4 heteroatoms.